The summed E-state index contributed by atoms with van der Waals surface area (Å²) in [7, 11) is 0. The van der Waals surface area contributed by atoms with Gasteiger partial charge in [0, 0.05) is 32.4 Å². The van der Waals surface area contributed by atoms with Gasteiger partial charge in [-0.2, -0.15) is 13.2 Å². The first kappa shape index (κ1) is 18.0. The van der Waals surface area contributed by atoms with Gasteiger partial charge in [-0.25, -0.2) is 4.98 Å². The van der Waals surface area contributed by atoms with Crippen LogP contribution in [0.2, 0.25) is 0 Å². The first-order valence-corrected chi connectivity index (χ1v) is 9.54. The lowest BCUT2D eigenvalue weighted by Gasteiger charge is -2.37. The second-order valence-corrected chi connectivity index (χ2v) is 7.63. The molecule has 0 amide bonds. The number of hydrogen-bond acceptors (Lipinski definition) is 4. The molecule has 0 saturated carbocycles. The summed E-state index contributed by atoms with van der Waals surface area (Å²) in [5.74, 6) is 0.594. The zero-order valence-corrected chi connectivity index (χ0v) is 15.5. The molecular formula is C21H19F3N4O. The summed E-state index contributed by atoms with van der Waals surface area (Å²) in [6, 6.07) is 13.6. The average Bonchev–Trinajstić information content (AvgIpc) is 3.33. The molecule has 5 rings (SSSR count). The highest BCUT2D eigenvalue weighted by atomic mass is 19.4. The second kappa shape index (κ2) is 6.50. The quantitative estimate of drug-likeness (QED) is 0.676. The van der Waals surface area contributed by atoms with Crippen LogP contribution in [-0.2, 0) is 11.0 Å². The van der Waals surface area contributed by atoms with Crippen molar-refractivity contribution in [1.82, 2.24) is 9.97 Å². The number of oxime groups is 1. The Morgan fingerprint density at radius 1 is 1.03 bits per heavy atom. The third-order valence-electron chi connectivity index (χ3n) is 5.72. The lowest BCUT2D eigenvalue weighted by atomic mass is 9.85. The first-order valence-electron chi connectivity index (χ1n) is 9.54. The van der Waals surface area contributed by atoms with E-state index in [0.29, 0.717) is 30.1 Å². The number of imidazole rings is 1. The van der Waals surface area contributed by atoms with E-state index in [1.165, 1.54) is 6.07 Å². The van der Waals surface area contributed by atoms with Crippen molar-refractivity contribution >= 4 is 22.7 Å². The van der Waals surface area contributed by atoms with Crippen molar-refractivity contribution in [2.24, 2.45) is 5.16 Å². The predicted octanol–water partition coefficient (Wildman–Crippen LogP) is 4.75. The molecule has 0 aliphatic carbocycles. The number of rotatable bonds is 2. The molecule has 1 fully saturated rings. The maximum absolute atomic E-state index is 12.9. The van der Waals surface area contributed by atoms with Crippen molar-refractivity contribution in [1.29, 1.82) is 0 Å². The van der Waals surface area contributed by atoms with Gasteiger partial charge < -0.3 is 14.7 Å². The number of hydrogen-bond donors (Lipinski definition) is 1. The SMILES string of the molecule is FC(F)(F)c1ccc2[nH]c(N3CCC4(CC3)CC(c3ccccc3)=NO4)nc2c1. The lowest BCUT2D eigenvalue weighted by molar-refractivity contribution is -0.137. The van der Waals surface area contributed by atoms with Crippen molar-refractivity contribution < 1.29 is 18.0 Å². The summed E-state index contributed by atoms with van der Waals surface area (Å²) in [5, 5.41) is 4.32. The molecule has 0 atom stereocenters. The van der Waals surface area contributed by atoms with E-state index in [0.717, 1.165) is 42.7 Å². The normalized spacial score (nSPS) is 18.9. The van der Waals surface area contributed by atoms with Crippen molar-refractivity contribution in [2.75, 3.05) is 18.0 Å². The number of alkyl halides is 3. The first-order chi connectivity index (χ1) is 13.9. The number of H-pyrrole nitrogens is 1. The van der Waals surface area contributed by atoms with E-state index < -0.39 is 11.7 Å². The van der Waals surface area contributed by atoms with E-state index in [9.17, 15) is 13.2 Å². The van der Waals surface area contributed by atoms with Crippen LogP contribution in [-0.4, -0.2) is 34.4 Å². The van der Waals surface area contributed by atoms with Crippen LogP contribution in [0.1, 0.15) is 30.4 Å². The summed E-state index contributed by atoms with van der Waals surface area (Å²) >= 11 is 0. The molecule has 2 aliphatic heterocycles. The van der Waals surface area contributed by atoms with Gasteiger partial charge in [-0.3, -0.25) is 0 Å². The summed E-state index contributed by atoms with van der Waals surface area (Å²) in [6.45, 7) is 1.40. The van der Waals surface area contributed by atoms with Gasteiger partial charge in [0.25, 0.3) is 0 Å². The Kier molecular flexibility index (Phi) is 4.04. The van der Waals surface area contributed by atoms with E-state index >= 15 is 0 Å². The number of fused-ring (bicyclic) bond motifs is 1. The molecule has 1 spiro atoms. The monoisotopic (exact) mass is 400 g/mol. The number of halogens is 3. The van der Waals surface area contributed by atoms with Gasteiger partial charge in [0.2, 0.25) is 5.95 Å². The molecule has 1 aromatic heterocycles. The number of benzene rings is 2. The fourth-order valence-corrected chi connectivity index (χ4v) is 4.02. The summed E-state index contributed by atoms with van der Waals surface area (Å²) in [5.41, 5.74) is 1.96. The third kappa shape index (κ3) is 3.32. The van der Waals surface area contributed by atoms with Crippen LogP contribution in [0.15, 0.2) is 53.7 Å². The number of nitrogens with one attached hydrogen (secondary N) is 1. The predicted molar refractivity (Wildman–Crippen MR) is 104 cm³/mol. The summed E-state index contributed by atoms with van der Waals surface area (Å²) in [6.07, 6.45) is -2.06. The lowest BCUT2D eigenvalue weighted by Crippen LogP contribution is -2.45. The molecule has 8 heteroatoms. The third-order valence-corrected chi connectivity index (χ3v) is 5.72. The molecule has 2 aliphatic rings. The molecule has 0 radical (unpaired) electrons. The zero-order chi connectivity index (χ0) is 20.1. The molecule has 5 nitrogen and oxygen atoms in total. The van der Waals surface area contributed by atoms with Crippen LogP contribution in [0.5, 0.6) is 0 Å². The van der Waals surface area contributed by atoms with E-state index in [-0.39, 0.29) is 5.60 Å². The smallest absolute Gasteiger partial charge is 0.388 e. The van der Waals surface area contributed by atoms with Gasteiger partial charge in [-0.1, -0.05) is 35.5 Å². The minimum Gasteiger partial charge on any atom is -0.388 e. The molecule has 150 valence electrons. The average molecular weight is 400 g/mol. The fraction of sp³-hybridized carbons (Fsp3) is 0.333. The maximum atomic E-state index is 12.9. The van der Waals surface area contributed by atoms with Gasteiger partial charge in [0.1, 0.15) is 5.60 Å². The topological polar surface area (TPSA) is 53.5 Å². The number of aromatic amines is 1. The molecular weight excluding hydrogens is 381 g/mol. The number of nitrogens with zero attached hydrogens (tertiary/aromatic N) is 3. The van der Waals surface area contributed by atoms with Crippen molar-refractivity contribution in [3.63, 3.8) is 0 Å². The van der Waals surface area contributed by atoms with Crippen LogP contribution >= 0.6 is 0 Å². The van der Waals surface area contributed by atoms with E-state index in [4.69, 9.17) is 4.84 Å². The Labute approximate surface area is 165 Å². The van der Waals surface area contributed by atoms with Crippen LogP contribution < -0.4 is 4.90 Å². The highest BCUT2D eigenvalue weighted by molar-refractivity contribution is 6.01. The molecule has 3 heterocycles. The van der Waals surface area contributed by atoms with Crippen LogP contribution in [0.25, 0.3) is 11.0 Å². The molecule has 29 heavy (non-hydrogen) atoms. The summed E-state index contributed by atoms with van der Waals surface area (Å²) in [4.78, 5) is 15.4. The Bertz CT molecular complexity index is 1070. The largest absolute Gasteiger partial charge is 0.416 e. The highest BCUT2D eigenvalue weighted by Crippen LogP contribution is 2.37. The van der Waals surface area contributed by atoms with Crippen molar-refractivity contribution in [2.45, 2.75) is 31.0 Å². The van der Waals surface area contributed by atoms with Gasteiger partial charge in [0.05, 0.1) is 22.3 Å². The fourth-order valence-electron chi connectivity index (χ4n) is 4.02. The number of anilines is 1. The Hall–Kier alpha value is -3.03. The van der Waals surface area contributed by atoms with E-state index in [1.807, 2.05) is 30.3 Å². The number of aromatic nitrogens is 2. The zero-order valence-electron chi connectivity index (χ0n) is 15.5. The van der Waals surface area contributed by atoms with Gasteiger partial charge >= 0.3 is 6.18 Å². The van der Waals surface area contributed by atoms with Crippen LogP contribution in [0.4, 0.5) is 19.1 Å². The molecule has 1 saturated heterocycles. The minimum atomic E-state index is -4.37. The molecule has 1 N–H and O–H groups in total. The van der Waals surface area contributed by atoms with E-state index in [2.05, 4.69) is 20.0 Å². The standard InChI is InChI=1S/C21H19F3N4O/c22-21(23,24)15-6-7-16-17(12-15)26-19(25-16)28-10-8-20(9-11-28)13-18(27-29-20)14-4-2-1-3-5-14/h1-7,12H,8-11,13H2,(H,25,26). The Morgan fingerprint density at radius 2 is 1.79 bits per heavy atom. The van der Waals surface area contributed by atoms with Gasteiger partial charge in [-0.05, 0) is 23.8 Å². The minimum absolute atomic E-state index is 0.308. The summed E-state index contributed by atoms with van der Waals surface area (Å²) < 4.78 is 38.8. The molecule has 0 bridgehead atoms. The van der Waals surface area contributed by atoms with E-state index in [1.54, 1.807) is 0 Å². The van der Waals surface area contributed by atoms with Gasteiger partial charge in [-0.15, -0.1) is 0 Å². The molecule has 0 unspecified atom stereocenters. The molecule has 2 aromatic carbocycles. The number of piperidine rings is 1. The van der Waals surface area contributed by atoms with Crippen LogP contribution in [0, 0.1) is 0 Å². The molecule has 3 aromatic rings. The second-order valence-electron chi connectivity index (χ2n) is 7.63. The Balaban J connectivity index is 1.29. The Morgan fingerprint density at radius 3 is 2.52 bits per heavy atom. The maximum Gasteiger partial charge on any atom is 0.416 e. The van der Waals surface area contributed by atoms with Crippen molar-refractivity contribution in [3.8, 4) is 0 Å². The van der Waals surface area contributed by atoms with Gasteiger partial charge in [0.15, 0.2) is 0 Å². The van der Waals surface area contributed by atoms with Crippen LogP contribution in [0.3, 0.4) is 0 Å². The van der Waals surface area contributed by atoms with Crippen molar-refractivity contribution in [3.05, 3.63) is 59.7 Å². The highest BCUT2D eigenvalue weighted by Gasteiger charge is 2.42.